The van der Waals surface area contributed by atoms with Crippen molar-refractivity contribution in [2.45, 2.75) is 0 Å². The van der Waals surface area contributed by atoms with Crippen molar-refractivity contribution >= 4 is 44.8 Å². The predicted octanol–water partition coefficient (Wildman–Crippen LogP) is 10.00. The molecule has 10 nitrogen and oxygen atoms in total. The van der Waals surface area contributed by atoms with Crippen molar-refractivity contribution in [2.24, 2.45) is 4.99 Å². The molecule has 0 spiro atoms. The molecule has 0 aliphatic carbocycles. The van der Waals surface area contributed by atoms with Gasteiger partial charge in [0.25, 0.3) is 0 Å². The van der Waals surface area contributed by atoms with E-state index in [2.05, 4.69) is 32.1 Å². The molecule has 1 aromatic heterocycles. The number of hydrogen-bond acceptors (Lipinski definition) is 6. The maximum Gasteiger partial charge on any atom is 0.355 e. The Kier molecular flexibility index (Phi) is 12.6. The van der Waals surface area contributed by atoms with E-state index in [0.29, 0.717) is 17.2 Å². The number of hydrogen-bond donors (Lipinski definition) is 4. The molecule has 0 bridgehead atoms. The minimum Gasteiger partial charge on any atom is -0.480 e. The average Bonchev–Trinajstić information content (AvgIpc) is 3.63. The van der Waals surface area contributed by atoms with Gasteiger partial charge in [0.05, 0.1) is 22.7 Å². The number of hydrazine groups is 1. The molecule has 7 aromatic carbocycles. The Bertz CT molecular complexity index is 2690. The zero-order chi connectivity index (χ0) is 40.1. The standard InChI is InChI=1S/C28H22N4O3.C19H16BrN3/c33-26(34)19-29-22-13-9-12-21(18-22)24-16-7-8-17-25(24)32-28(35)31(23-14-5-2-6-15-23)27(30-32)20-10-3-1-4-11-20;20-17-13-7-8-14-18(17)22-23-19(15-9-3-1-4-10-15)21-16-11-5-2-6-12-16/h1-18,29H,19H2,(H,33,34);1-14,22H,(H,21,23). The molecule has 8 rings (SSSR count). The lowest BCUT2D eigenvalue weighted by atomic mass is 10.0. The number of carboxylic acid groups (broad SMARTS) is 1. The number of rotatable bonds is 11. The lowest BCUT2D eigenvalue weighted by Gasteiger charge is -2.14. The van der Waals surface area contributed by atoms with Crippen LogP contribution in [0, 0.1) is 0 Å². The van der Waals surface area contributed by atoms with Crippen molar-refractivity contribution in [3.05, 3.63) is 215 Å². The number of aromatic nitrogens is 3. The van der Waals surface area contributed by atoms with Gasteiger partial charge in [-0.15, -0.1) is 5.10 Å². The van der Waals surface area contributed by atoms with Crippen LogP contribution in [0.15, 0.2) is 208 Å². The van der Waals surface area contributed by atoms with Crippen LogP contribution in [0.5, 0.6) is 0 Å². The largest absolute Gasteiger partial charge is 0.480 e. The number of amidine groups is 1. The Hall–Kier alpha value is -7.50. The third-order valence-electron chi connectivity index (χ3n) is 8.81. The average molecular weight is 829 g/mol. The number of aliphatic carboxylic acids is 1. The molecule has 286 valence electrons. The fourth-order valence-electron chi connectivity index (χ4n) is 6.07. The van der Waals surface area contributed by atoms with Crippen LogP contribution in [0.25, 0.3) is 33.9 Å². The summed E-state index contributed by atoms with van der Waals surface area (Å²) in [6.07, 6.45) is 0. The van der Waals surface area contributed by atoms with Gasteiger partial charge in [-0.3, -0.25) is 15.6 Å². The Morgan fingerprint density at radius 2 is 1.28 bits per heavy atom. The van der Waals surface area contributed by atoms with Crippen LogP contribution in [-0.4, -0.2) is 37.8 Å². The molecule has 0 aliphatic heterocycles. The number of nitrogens with zero attached hydrogens (tertiary/aromatic N) is 4. The highest BCUT2D eigenvalue weighted by Gasteiger charge is 2.20. The van der Waals surface area contributed by atoms with Crippen LogP contribution in [0.2, 0.25) is 0 Å². The summed E-state index contributed by atoms with van der Waals surface area (Å²) in [5, 5.41) is 16.7. The Balaban J connectivity index is 0.000000193. The van der Waals surface area contributed by atoms with Crippen molar-refractivity contribution in [2.75, 3.05) is 17.3 Å². The molecule has 8 aromatic rings. The van der Waals surface area contributed by atoms with Crippen LogP contribution in [-0.2, 0) is 4.79 Å². The molecule has 11 heteroatoms. The molecule has 0 atom stereocenters. The molecule has 0 unspecified atom stereocenters. The summed E-state index contributed by atoms with van der Waals surface area (Å²) in [6.45, 7) is -0.188. The van der Waals surface area contributed by atoms with E-state index >= 15 is 0 Å². The number of carboxylic acids is 1. The van der Waals surface area contributed by atoms with Crippen molar-refractivity contribution in [1.29, 1.82) is 0 Å². The summed E-state index contributed by atoms with van der Waals surface area (Å²) in [5.41, 5.74) is 13.5. The number of para-hydroxylation sites is 4. The third-order valence-corrected chi connectivity index (χ3v) is 9.50. The van der Waals surface area contributed by atoms with Gasteiger partial charge in [0.1, 0.15) is 6.54 Å². The second-order valence-electron chi connectivity index (χ2n) is 12.8. The first-order chi connectivity index (χ1) is 28.4. The van der Waals surface area contributed by atoms with E-state index in [9.17, 15) is 9.59 Å². The van der Waals surface area contributed by atoms with Crippen LogP contribution < -0.4 is 21.9 Å². The number of nitrogens with one attached hydrogen (secondary N) is 3. The molecule has 0 amide bonds. The summed E-state index contributed by atoms with van der Waals surface area (Å²) in [4.78, 5) is 29.4. The zero-order valence-corrected chi connectivity index (χ0v) is 32.7. The van der Waals surface area contributed by atoms with Gasteiger partial charge in [0, 0.05) is 26.9 Å². The first-order valence-corrected chi connectivity index (χ1v) is 19.2. The van der Waals surface area contributed by atoms with E-state index in [0.717, 1.165) is 49.6 Å². The van der Waals surface area contributed by atoms with Crippen LogP contribution in [0.3, 0.4) is 0 Å². The Morgan fingerprint density at radius 1 is 0.672 bits per heavy atom. The smallest absolute Gasteiger partial charge is 0.355 e. The first kappa shape index (κ1) is 38.8. The molecule has 0 saturated heterocycles. The van der Waals surface area contributed by atoms with Gasteiger partial charge in [-0.05, 0) is 76.1 Å². The van der Waals surface area contributed by atoms with Crippen molar-refractivity contribution in [3.8, 4) is 33.9 Å². The summed E-state index contributed by atoms with van der Waals surface area (Å²) in [5.74, 6) is 0.350. The maximum atomic E-state index is 13.8. The molecular weight excluding hydrogens is 790 g/mol. The second-order valence-corrected chi connectivity index (χ2v) is 13.6. The van der Waals surface area contributed by atoms with E-state index in [1.165, 1.54) is 4.68 Å². The summed E-state index contributed by atoms with van der Waals surface area (Å²) >= 11 is 3.53. The van der Waals surface area contributed by atoms with Crippen LogP contribution in [0.4, 0.5) is 17.1 Å². The number of anilines is 2. The lowest BCUT2D eigenvalue weighted by molar-refractivity contribution is -0.134. The minimum absolute atomic E-state index is 0.188. The number of benzene rings is 7. The normalized spacial score (nSPS) is 10.9. The van der Waals surface area contributed by atoms with Gasteiger partial charge in [-0.2, -0.15) is 4.68 Å². The highest BCUT2D eigenvalue weighted by Crippen LogP contribution is 2.29. The van der Waals surface area contributed by atoms with Gasteiger partial charge < -0.3 is 10.4 Å². The summed E-state index contributed by atoms with van der Waals surface area (Å²) < 4.78 is 4.01. The SMILES string of the molecule is Brc1ccccc1NNC(=Nc1ccccc1)c1ccccc1.O=C(O)CNc1cccc(-c2ccccc2-n2nc(-c3ccccc3)n(-c3ccccc3)c2=O)c1. The van der Waals surface area contributed by atoms with E-state index in [1.807, 2.05) is 188 Å². The van der Waals surface area contributed by atoms with E-state index in [1.54, 1.807) is 10.6 Å². The molecule has 1 heterocycles. The number of carbonyl (C=O) groups is 1. The molecular formula is C47H38BrN7O3. The van der Waals surface area contributed by atoms with E-state index in [4.69, 9.17) is 15.2 Å². The van der Waals surface area contributed by atoms with Gasteiger partial charge in [-0.1, -0.05) is 140 Å². The van der Waals surface area contributed by atoms with Crippen molar-refractivity contribution < 1.29 is 9.90 Å². The minimum atomic E-state index is -0.942. The Morgan fingerprint density at radius 3 is 1.98 bits per heavy atom. The molecule has 0 radical (unpaired) electrons. The monoisotopic (exact) mass is 827 g/mol. The molecule has 4 N–H and O–H groups in total. The van der Waals surface area contributed by atoms with Gasteiger partial charge in [-0.25, -0.2) is 14.4 Å². The third kappa shape index (κ3) is 9.65. The fraction of sp³-hybridized carbons (Fsp3) is 0.0213. The number of aliphatic imine (C=N–C) groups is 1. The zero-order valence-electron chi connectivity index (χ0n) is 31.1. The van der Waals surface area contributed by atoms with E-state index in [-0.39, 0.29) is 12.2 Å². The number of halogens is 1. The highest BCUT2D eigenvalue weighted by atomic mass is 79.9. The second kappa shape index (κ2) is 18.9. The van der Waals surface area contributed by atoms with Gasteiger partial charge >= 0.3 is 11.7 Å². The predicted molar refractivity (Wildman–Crippen MR) is 236 cm³/mol. The topological polar surface area (TPSA) is 126 Å². The van der Waals surface area contributed by atoms with Gasteiger partial charge in [0.15, 0.2) is 11.7 Å². The van der Waals surface area contributed by atoms with E-state index < -0.39 is 5.97 Å². The molecule has 0 saturated carbocycles. The van der Waals surface area contributed by atoms with Crippen LogP contribution in [0.1, 0.15) is 5.56 Å². The highest BCUT2D eigenvalue weighted by molar-refractivity contribution is 9.10. The van der Waals surface area contributed by atoms with Crippen molar-refractivity contribution in [1.82, 2.24) is 19.8 Å². The summed E-state index contributed by atoms with van der Waals surface area (Å²) in [7, 11) is 0. The maximum absolute atomic E-state index is 13.8. The lowest BCUT2D eigenvalue weighted by Crippen LogP contribution is -2.30. The molecule has 0 aliphatic rings. The van der Waals surface area contributed by atoms with Gasteiger partial charge in [0.2, 0.25) is 0 Å². The first-order valence-electron chi connectivity index (χ1n) is 18.4. The van der Waals surface area contributed by atoms with Crippen molar-refractivity contribution in [3.63, 3.8) is 0 Å². The quantitative estimate of drug-likeness (QED) is 0.0581. The molecule has 58 heavy (non-hydrogen) atoms. The Labute approximate surface area is 343 Å². The van der Waals surface area contributed by atoms with Crippen LogP contribution >= 0.6 is 15.9 Å². The fourth-order valence-corrected chi connectivity index (χ4v) is 6.45. The summed E-state index contributed by atoms with van der Waals surface area (Å²) in [6, 6.07) is 61.8. The molecule has 0 fully saturated rings.